The van der Waals surface area contributed by atoms with Crippen molar-refractivity contribution in [2.24, 2.45) is 35.5 Å². The molecule has 0 aromatic heterocycles. The molecule has 0 aromatic rings. The van der Waals surface area contributed by atoms with E-state index in [1.54, 1.807) is 20.8 Å². The van der Waals surface area contributed by atoms with Crippen LogP contribution in [0.25, 0.3) is 0 Å². The van der Waals surface area contributed by atoms with Gasteiger partial charge in [-0.15, -0.1) is 0 Å². The molecule has 4 heterocycles. The zero-order valence-corrected chi connectivity index (χ0v) is 64.1. The van der Waals surface area contributed by atoms with E-state index < -0.39 is 174 Å². The van der Waals surface area contributed by atoms with Crippen LogP contribution in [0.1, 0.15) is 195 Å². The molecule has 13 atom stereocenters. The van der Waals surface area contributed by atoms with E-state index in [0.717, 1.165) is 49.2 Å². The van der Waals surface area contributed by atoms with Crippen LogP contribution >= 0.6 is 11.8 Å². The maximum Gasteiger partial charge on any atom is 0.391 e. The maximum absolute atomic E-state index is 15.7. The Balaban J connectivity index is 1.18. The number of hydrogen-bond donors (Lipinski definition) is 3. The summed E-state index contributed by atoms with van der Waals surface area (Å²) in [5, 5.41) is 9.41. The van der Waals surface area contributed by atoms with Crippen LogP contribution in [0.15, 0.2) is 0 Å². The molecule has 4 aliphatic heterocycles. The summed E-state index contributed by atoms with van der Waals surface area (Å²) in [6, 6.07) is -9.86. The third kappa shape index (κ3) is 19.7. The molecule has 2 bridgehead atoms. The monoisotopic (exact) mass is 1470 g/mol. The average Bonchev–Trinajstić information content (AvgIpc) is 1.74. The zero-order valence-electron chi connectivity index (χ0n) is 63.2. The summed E-state index contributed by atoms with van der Waals surface area (Å²) in [5.74, 6) is -8.55. The lowest BCUT2D eigenvalue weighted by atomic mass is 9.74. The number of nitrogens with one attached hydrogen (secondary N) is 3. The minimum Gasteiger partial charge on any atom is -0.377 e. The van der Waals surface area contributed by atoms with E-state index >= 15 is 28.8 Å². The summed E-state index contributed by atoms with van der Waals surface area (Å²) in [5.41, 5.74) is -1.52. The summed E-state index contributed by atoms with van der Waals surface area (Å²) in [7, 11) is 11.5. The fourth-order valence-corrected chi connectivity index (χ4v) is 19.3. The van der Waals surface area contributed by atoms with Crippen LogP contribution in [0.4, 0.5) is 13.2 Å². The van der Waals surface area contributed by atoms with Crippen LogP contribution in [0.3, 0.4) is 0 Å². The third-order valence-electron chi connectivity index (χ3n) is 24.5. The van der Waals surface area contributed by atoms with Gasteiger partial charge in [0, 0.05) is 87.7 Å². The first-order valence-corrected chi connectivity index (χ1v) is 39.4. The van der Waals surface area contributed by atoms with Crippen molar-refractivity contribution >= 4 is 82.6 Å². The summed E-state index contributed by atoms with van der Waals surface area (Å²) < 4.78 is 48.6. The summed E-state index contributed by atoms with van der Waals surface area (Å²) in [6.07, 6.45) is 4.80. The molecule has 1 spiro atoms. The zero-order chi connectivity index (χ0) is 75.5. The number of hydrogen-bond acceptors (Lipinski definition) is 14. The molecule has 3 N–H and O–H groups in total. The van der Waals surface area contributed by atoms with Crippen molar-refractivity contribution in [2.75, 3.05) is 94.9 Å². The van der Waals surface area contributed by atoms with Crippen molar-refractivity contribution in [1.29, 1.82) is 0 Å². The number of carbonyl (C=O) groups excluding carboxylic acids is 12. The number of nitrogens with zero attached hydrogens (tertiary/aromatic N) is 9. The number of fused-ring (bicyclic) bond motifs is 4. The second-order valence-electron chi connectivity index (χ2n) is 31.5. The number of thioether (sulfide) groups is 1. The van der Waals surface area contributed by atoms with E-state index in [2.05, 4.69) is 16.0 Å². The quantitative estimate of drug-likeness (QED) is 0.215. The van der Waals surface area contributed by atoms with E-state index in [4.69, 9.17) is 4.74 Å². The molecule has 4 saturated carbocycles. The third-order valence-corrected chi connectivity index (χ3v) is 26.0. The van der Waals surface area contributed by atoms with E-state index in [1.165, 1.54) is 95.6 Å². The lowest BCUT2D eigenvalue weighted by Gasteiger charge is -2.46. The number of alkyl halides is 3. The minimum absolute atomic E-state index is 0.0338. The second-order valence-corrected chi connectivity index (χ2v) is 32.8. The predicted octanol–water partition coefficient (Wildman–Crippen LogP) is 5.60. The molecule has 4 aliphatic carbocycles. The number of rotatable bonds is 12. The van der Waals surface area contributed by atoms with Crippen LogP contribution in [-0.4, -0.2) is 281 Å². The first-order valence-electron chi connectivity index (χ1n) is 38.3. The molecule has 29 heteroatoms. The Morgan fingerprint density at radius 3 is 1.91 bits per heavy atom. The first-order chi connectivity index (χ1) is 48.7. The highest BCUT2D eigenvalue weighted by Gasteiger charge is 2.54. The molecular weight excluding hydrogens is 1350 g/mol. The Morgan fingerprint density at radius 2 is 1.29 bits per heavy atom. The van der Waals surface area contributed by atoms with Crippen molar-refractivity contribution in [3.8, 4) is 0 Å². The summed E-state index contributed by atoms with van der Waals surface area (Å²) >= 11 is 1.96. The van der Waals surface area contributed by atoms with Gasteiger partial charge in [0.05, 0.1) is 31.5 Å². The molecule has 103 heavy (non-hydrogen) atoms. The molecule has 25 nitrogen and oxygen atoms in total. The highest BCUT2D eigenvalue weighted by atomic mass is 32.2. The molecule has 12 amide bonds. The Hall–Kier alpha value is -6.26. The van der Waals surface area contributed by atoms with Crippen molar-refractivity contribution in [3.05, 3.63) is 0 Å². The summed E-state index contributed by atoms with van der Waals surface area (Å²) in [6.45, 7) is 6.15. The second kappa shape index (κ2) is 36.4. The van der Waals surface area contributed by atoms with Gasteiger partial charge in [0.2, 0.25) is 70.9 Å². The van der Waals surface area contributed by atoms with Crippen molar-refractivity contribution in [3.63, 3.8) is 0 Å². The lowest BCUT2D eigenvalue weighted by molar-refractivity contribution is -0.184. The van der Waals surface area contributed by atoms with Gasteiger partial charge in [0.1, 0.15) is 53.9 Å². The molecule has 8 fully saturated rings. The average molecular weight is 1470 g/mol. The molecule has 8 rings (SSSR count). The Kier molecular flexibility index (Phi) is 29.1. The van der Waals surface area contributed by atoms with Gasteiger partial charge in [-0.2, -0.15) is 24.9 Å². The fourth-order valence-electron chi connectivity index (χ4n) is 17.6. The van der Waals surface area contributed by atoms with Gasteiger partial charge >= 0.3 is 6.18 Å². The largest absolute Gasteiger partial charge is 0.391 e. The Bertz CT molecular complexity index is 3040. The van der Waals surface area contributed by atoms with Crippen molar-refractivity contribution in [2.45, 2.75) is 266 Å². The molecule has 580 valence electrons. The topological polar surface area (TPSA) is 279 Å². The maximum atomic E-state index is 15.7. The summed E-state index contributed by atoms with van der Waals surface area (Å²) in [4.78, 5) is 192. The number of ether oxygens (including phenoxy) is 1. The van der Waals surface area contributed by atoms with Gasteiger partial charge < -0.3 is 64.8 Å². The predicted molar refractivity (Wildman–Crippen MR) is 382 cm³/mol. The first kappa shape index (κ1) is 82.4. The molecular formula is C74H119F3N12O13S. The number of carbonyl (C=O) groups is 12. The molecule has 0 radical (unpaired) electrons. The Labute approximate surface area is 611 Å². The van der Waals surface area contributed by atoms with Gasteiger partial charge in [-0.05, 0) is 158 Å². The number of halogens is 3. The van der Waals surface area contributed by atoms with Gasteiger partial charge in [-0.25, -0.2) is 0 Å². The smallest absolute Gasteiger partial charge is 0.377 e. The van der Waals surface area contributed by atoms with Crippen molar-refractivity contribution < 1.29 is 75.4 Å². The SMILES string of the molecule is CCO[C@@H]1C[C@H]2C(=O)NC3(CCC3)C(=O)N(C)[C@@H](C3CCCC3)C(=O)N(C)[C@H](C(=O)N(C)C)CC(=O)N(C)[C@@H](CC)C(=O)N[C@@H]([C@@H](C)CC)C(=O)N(C)CC(=O)N(C)[C@H]3CCCCCN(C3=O)[C@@H](CC3CCC(C(F)(F)F)CC3)C(=O)N(C)CC(=O)N[C@@H](CCC3CCC4CCSC4C3)C(=O)N2C1. The van der Waals surface area contributed by atoms with Gasteiger partial charge in [-0.1, -0.05) is 59.3 Å². The van der Waals surface area contributed by atoms with Crippen LogP contribution in [0.5, 0.6) is 0 Å². The highest BCUT2D eigenvalue weighted by Crippen LogP contribution is 2.46. The minimum atomic E-state index is -4.42. The van der Waals surface area contributed by atoms with E-state index in [1.807, 2.05) is 18.7 Å². The number of amides is 12. The molecule has 3 unspecified atom stereocenters. The van der Waals surface area contributed by atoms with Gasteiger partial charge in [0.25, 0.3) is 0 Å². The highest BCUT2D eigenvalue weighted by molar-refractivity contribution is 8.00. The van der Waals surface area contributed by atoms with Gasteiger partial charge in [0.15, 0.2) is 0 Å². The Morgan fingerprint density at radius 1 is 0.631 bits per heavy atom. The van der Waals surface area contributed by atoms with Crippen LogP contribution in [0, 0.1) is 35.5 Å². The normalized spacial score (nSPS) is 32.4. The van der Waals surface area contributed by atoms with Crippen LogP contribution in [0.2, 0.25) is 0 Å². The van der Waals surface area contributed by atoms with E-state index in [0.29, 0.717) is 62.5 Å². The molecule has 8 aliphatic rings. The van der Waals surface area contributed by atoms with Gasteiger partial charge in [-0.3, -0.25) is 57.5 Å². The van der Waals surface area contributed by atoms with E-state index in [9.17, 15) is 41.9 Å². The fraction of sp³-hybridized carbons (Fsp3) is 0.838. The van der Waals surface area contributed by atoms with Crippen molar-refractivity contribution in [1.82, 2.24) is 60.0 Å². The molecule has 0 aromatic carbocycles. The van der Waals surface area contributed by atoms with Crippen LogP contribution < -0.4 is 16.0 Å². The van der Waals surface area contributed by atoms with Crippen LogP contribution in [-0.2, 0) is 62.3 Å². The lowest BCUT2D eigenvalue weighted by Crippen LogP contribution is -2.68. The number of likely N-dealkylation sites (N-methyl/N-ethyl adjacent to an activating group) is 7. The standard InChI is InChI=1S/C74H119F3N12O13S/c1-13-45(4)62-70(99)83(8)44-61(92)85(10)54-24-17-16-20-36-88(69(54)98)57(38-46-26-30-50(31-27-46)74(75,76)77)68(97)82(7)43-59(90)78-52(32-28-47-25-29-48-33-37-103-58(48)39-47)66(95)89-42-51(102-15-3)40-55(89)65(94)80-73(34-21-35-73)72(101)87(12)63(49-22-18-19-23-49)71(100)86(11)56(67(96)81(5)6)41-60(91)84(9)53(14-2)64(93)79-62/h45-58,62-63H,13-44H2,1-12H3,(H,78,90)(H,79,93)(H,80,94)/t45-,46?,47?,48?,50?,51+,52-,53-,54-,55-,56-,57-,58?,62-,63-/m0/s1. The molecule has 4 saturated heterocycles. The van der Waals surface area contributed by atoms with E-state index in [-0.39, 0.29) is 102 Å².